The van der Waals surface area contributed by atoms with Crippen LogP contribution in [0.3, 0.4) is 0 Å². The maximum Gasteiger partial charge on any atom is 0.327 e. The molecule has 0 aliphatic rings. The number of hydrogen-bond donors (Lipinski definition) is 1. The number of aryl methyl sites for hydroxylation is 1. The first-order valence-electron chi connectivity index (χ1n) is 7.08. The minimum Gasteiger partial charge on any atom is -0.468 e. The van der Waals surface area contributed by atoms with E-state index < -0.39 is 6.04 Å². The minimum absolute atomic E-state index is 0.277. The van der Waals surface area contributed by atoms with Crippen LogP contribution < -0.4 is 5.32 Å². The topological polar surface area (TPSA) is 54.5 Å². The second kappa shape index (κ2) is 8.66. The van der Waals surface area contributed by atoms with Crippen molar-refractivity contribution in [3.05, 3.63) is 29.6 Å². The van der Waals surface area contributed by atoms with Crippen molar-refractivity contribution in [3.8, 4) is 0 Å². The number of aromatic nitrogens is 1. The smallest absolute Gasteiger partial charge is 0.327 e. The van der Waals surface area contributed by atoms with Crippen LogP contribution in [0.2, 0.25) is 0 Å². The maximum absolute atomic E-state index is 12.0. The number of nitrogens with one attached hydrogen (secondary N) is 1. The van der Waals surface area contributed by atoms with Crippen LogP contribution in [0.25, 0.3) is 0 Å². The molecule has 0 fully saturated rings. The monoisotopic (exact) mass is 279 g/mol. The Morgan fingerprint density at radius 2 is 2.15 bits per heavy atom. The van der Waals surface area contributed by atoms with Crippen LogP contribution >= 0.6 is 0 Å². The summed E-state index contributed by atoms with van der Waals surface area (Å²) in [5, 5.41) is 3.27. The lowest BCUT2D eigenvalue weighted by Crippen LogP contribution is -2.37. The lowest BCUT2D eigenvalue weighted by molar-refractivity contribution is -0.143. The average Bonchev–Trinajstić information content (AvgIpc) is 2.48. The number of likely N-dealkylation sites (N-methyl/N-ethyl adjacent to an activating group) is 1. The van der Waals surface area contributed by atoms with Crippen LogP contribution in [0.4, 0.5) is 0 Å². The summed E-state index contributed by atoms with van der Waals surface area (Å²) in [7, 11) is 1.41. The number of carbonyl (C=O) groups is 1. The van der Waals surface area contributed by atoms with Crippen molar-refractivity contribution in [2.75, 3.05) is 33.3 Å². The first-order chi connectivity index (χ1) is 9.63. The van der Waals surface area contributed by atoms with Gasteiger partial charge in [0.15, 0.2) is 0 Å². The Hall–Kier alpha value is -1.46. The number of nitrogens with zero attached hydrogens (tertiary/aromatic N) is 2. The standard InChI is InChI=1S/C15H25N3O2/c1-5-18(6-2)10-9-17-14(15(19)20-4)13-11-16-8-7-12(13)3/h7-8,11,14,17H,5-6,9-10H2,1-4H3. The number of carbonyl (C=O) groups excluding carboxylic acids is 1. The third-order valence-electron chi connectivity index (χ3n) is 3.50. The second-order valence-corrected chi connectivity index (χ2v) is 4.67. The number of methoxy groups -OCH3 is 1. The molecule has 1 aromatic heterocycles. The quantitative estimate of drug-likeness (QED) is 0.732. The summed E-state index contributed by atoms with van der Waals surface area (Å²) in [4.78, 5) is 18.4. The number of esters is 1. The Morgan fingerprint density at radius 3 is 2.70 bits per heavy atom. The molecule has 1 heterocycles. The van der Waals surface area contributed by atoms with Crippen LogP contribution in [-0.2, 0) is 9.53 Å². The normalized spacial score (nSPS) is 12.4. The summed E-state index contributed by atoms with van der Waals surface area (Å²) in [5.74, 6) is -0.277. The molecular formula is C15H25N3O2. The van der Waals surface area contributed by atoms with Crippen LogP contribution in [0, 0.1) is 6.92 Å². The molecule has 0 amide bonds. The Bertz CT molecular complexity index is 419. The highest BCUT2D eigenvalue weighted by molar-refractivity contribution is 5.77. The summed E-state index contributed by atoms with van der Waals surface area (Å²) in [6, 6.07) is 1.45. The van der Waals surface area contributed by atoms with Gasteiger partial charge in [0.25, 0.3) is 0 Å². The van der Waals surface area contributed by atoms with E-state index >= 15 is 0 Å². The predicted molar refractivity (Wildman–Crippen MR) is 79.5 cm³/mol. The number of hydrogen-bond acceptors (Lipinski definition) is 5. The molecule has 1 rings (SSSR count). The van der Waals surface area contributed by atoms with E-state index in [0.29, 0.717) is 0 Å². The van der Waals surface area contributed by atoms with E-state index in [1.807, 2.05) is 13.0 Å². The molecular weight excluding hydrogens is 254 g/mol. The van der Waals surface area contributed by atoms with Crippen molar-refractivity contribution in [1.29, 1.82) is 0 Å². The van der Waals surface area contributed by atoms with Gasteiger partial charge in [-0.25, -0.2) is 4.79 Å². The zero-order valence-electron chi connectivity index (χ0n) is 12.8. The summed E-state index contributed by atoms with van der Waals surface area (Å²) in [5.41, 5.74) is 1.91. The van der Waals surface area contributed by atoms with Gasteiger partial charge in [-0.3, -0.25) is 10.3 Å². The summed E-state index contributed by atoms with van der Waals surface area (Å²) in [6.45, 7) is 9.88. The molecule has 20 heavy (non-hydrogen) atoms. The molecule has 0 bridgehead atoms. The van der Waals surface area contributed by atoms with Gasteiger partial charge < -0.3 is 9.64 Å². The number of rotatable bonds is 8. The first-order valence-corrected chi connectivity index (χ1v) is 7.08. The van der Waals surface area contributed by atoms with Crippen LogP contribution in [-0.4, -0.2) is 49.1 Å². The van der Waals surface area contributed by atoms with Gasteiger partial charge in [-0.2, -0.15) is 0 Å². The van der Waals surface area contributed by atoms with Gasteiger partial charge in [0, 0.05) is 31.0 Å². The largest absolute Gasteiger partial charge is 0.468 e. The van der Waals surface area contributed by atoms with E-state index in [1.165, 1.54) is 7.11 Å². The zero-order valence-corrected chi connectivity index (χ0v) is 12.8. The van der Waals surface area contributed by atoms with Gasteiger partial charge in [-0.1, -0.05) is 13.8 Å². The fraction of sp³-hybridized carbons (Fsp3) is 0.600. The van der Waals surface area contributed by atoms with E-state index in [-0.39, 0.29) is 5.97 Å². The van der Waals surface area contributed by atoms with Gasteiger partial charge in [-0.05, 0) is 31.6 Å². The molecule has 1 atom stereocenters. The highest BCUT2D eigenvalue weighted by Crippen LogP contribution is 2.17. The highest BCUT2D eigenvalue weighted by atomic mass is 16.5. The Labute approximate surface area is 121 Å². The Morgan fingerprint density at radius 1 is 1.45 bits per heavy atom. The molecule has 0 aliphatic heterocycles. The van der Waals surface area contributed by atoms with Gasteiger partial charge in [0.1, 0.15) is 6.04 Å². The molecule has 112 valence electrons. The van der Waals surface area contributed by atoms with Crippen LogP contribution in [0.15, 0.2) is 18.5 Å². The number of pyridine rings is 1. The highest BCUT2D eigenvalue weighted by Gasteiger charge is 2.22. The third-order valence-corrected chi connectivity index (χ3v) is 3.50. The van der Waals surface area contributed by atoms with E-state index in [4.69, 9.17) is 4.74 Å². The van der Waals surface area contributed by atoms with Gasteiger partial charge in [0.05, 0.1) is 7.11 Å². The Balaban J connectivity index is 2.72. The van der Waals surface area contributed by atoms with E-state index in [2.05, 4.69) is 29.0 Å². The molecule has 1 N–H and O–H groups in total. The lowest BCUT2D eigenvalue weighted by Gasteiger charge is -2.22. The molecule has 0 spiro atoms. The van der Waals surface area contributed by atoms with Gasteiger partial charge >= 0.3 is 5.97 Å². The van der Waals surface area contributed by atoms with E-state index in [0.717, 1.165) is 37.3 Å². The maximum atomic E-state index is 12.0. The summed E-state index contributed by atoms with van der Waals surface area (Å²) < 4.78 is 4.89. The van der Waals surface area contributed by atoms with Crippen LogP contribution in [0.1, 0.15) is 31.0 Å². The van der Waals surface area contributed by atoms with Crippen molar-refractivity contribution in [1.82, 2.24) is 15.2 Å². The molecule has 5 heteroatoms. The SMILES string of the molecule is CCN(CC)CCNC(C(=O)OC)c1cnccc1C. The molecule has 5 nitrogen and oxygen atoms in total. The van der Waals surface area contributed by atoms with Crippen LogP contribution in [0.5, 0.6) is 0 Å². The van der Waals surface area contributed by atoms with E-state index in [9.17, 15) is 4.79 Å². The zero-order chi connectivity index (χ0) is 15.0. The second-order valence-electron chi connectivity index (χ2n) is 4.67. The van der Waals surface area contributed by atoms with Crippen molar-refractivity contribution in [2.45, 2.75) is 26.8 Å². The molecule has 0 saturated carbocycles. The minimum atomic E-state index is -0.454. The number of ether oxygens (including phenoxy) is 1. The molecule has 0 saturated heterocycles. The summed E-state index contributed by atoms with van der Waals surface area (Å²) >= 11 is 0. The third kappa shape index (κ3) is 4.58. The van der Waals surface area contributed by atoms with Crippen molar-refractivity contribution < 1.29 is 9.53 Å². The molecule has 0 aliphatic carbocycles. The van der Waals surface area contributed by atoms with Crippen molar-refractivity contribution in [2.24, 2.45) is 0 Å². The first kappa shape index (κ1) is 16.6. The van der Waals surface area contributed by atoms with Gasteiger partial charge in [0.2, 0.25) is 0 Å². The predicted octanol–water partition coefficient (Wildman–Crippen LogP) is 1.54. The fourth-order valence-electron chi connectivity index (χ4n) is 2.12. The van der Waals surface area contributed by atoms with Crippen molar-refractivity contribution in [3.63, 3.8) is 0 Å². The molecule has 1 aromatic rings. The fourth-order valence-corrected chi connectivity index (χ4v) is 2.12. The Kier molecular flexibility index (Phi) is 7.18. The lowest BCUT2D eigenvalue weighted by atomic mass is 10.0. The summed E-state index contributed by atoms with van der Waals surface area (Å²) in [6.07, 6.45) is 3.45. The molecule has 1 unspecified atom stereocenters. The van der Waals surface area contributed by atoms with E-state index in [1.54, 1.807) is 12.4 Å². The van der Waals surface area contributed by atoms with Crippen molar-refractivity contribution >= 4 is 5.97 Å². The molecule has 0 aromatic carbocycles. The molecule has 0 radical (unpaired) electrons. The average molecular weight is 279 g/mol. The van der Waals surface area contributed by atoms with Gasteiger partial charge in [-0.15, -0.1) is 0 Å².